The lowest BCUT2D eigenvalue weighted by molar-refractivity contribution is -0.134. The van der Waals surface area contributed by atoms with E-state index in [0.717, 1.165) is 16.9 Å². The number of hydrogen-bond acceptors (Lipinski definition) is 4. The summed E-state index contributed by atoms with van der Waals surface area (Å²) in [7, 11) is 3.47. The third-order valence-electron chi connectivity index (χ3n) is 5.83. The summed E-state index contributed by atoms with van der Waals surface area (Å²) in [5, 5.41) is 1.90. The van der Waals surface area contributed by atoms with E-state index in [-0.39, 0.29) is 23.7 Å². The summed E-state index contributed by atoms with van der Waals surface area (Å²) in [6.45, 7) is 1.43. The third-order valence-corrected chi connectivity index (χ3v) is 6.69. The van der Waals surface area contributed by atoms with Crippen LogP contribution in [0.3, 0.4) is 0 Å². The summed E-state index contributed by atoms with van der Waals surface area (Å²) in [5.41, 5.74) is 2.05. The molecule has 1 aliphatic heterocycles. The van der Waals surface area contributed by atoms with Gasteiger partial charge in [0.1, 0.15) is 5.75 Å². The average Bonchev–Trinajstić information content (AvgIpc) is 3.49. The Hall–Kier alpha value is -3.12. The summed E-state index contributed by atoms with van der Waals surface area (Å²) in [6.07, 6.45) is 0. The SMILES string of the molecule is COc1ccccc1C1CN(C(=O)c2cccs2)CC1C(=O)N(C)Cc1ccccc1. The van der Waals surface area contributed by atoms with Gasteiger partial charge in [-0.3, -0.25) is 9.59 Å². The Morgan fingerprint density at radius 2 is 1.77 bits per heavy atom. The highest BCUT2D eigenvalue weighted by molar-refractivity contribution is 7.12. The number of thiophene rings is 1. The van der Waals surface area contributed by atoms with Crippen molar-refractivity contribution >= 4 is 23.2 Å². The highest BCUT2D eigenvalue weighted by Gasteiger charge is 2.42. The van der Waals surface area contributed by atoms with Crippen LogP contribution < -0.4 is 4.74 Å². The van der Waals surface area contributed by atoms with Crippen LogP contribution in [0.4, 0.5) is 0 Å². The van der Waals surface area contributed by atoms with Crippen LogP contribution in [0.15, 0.2) is 72.1 Å². The highest BCUT2D eigenvalue weighted by Crippen LogP contribution is 2.39. The Morgan fingerprint density at radius 1 is 1.03 bits per heavy atom. The second kappa shape index (κ2) is 9.35. The number of nitrogens with zero attached hydrogens (tertiary/aromatic N) is 2. The molecule has 160 valence electrons. The maximum atomic E-state index is 13.5. The average molecular weight is 435 g/mol. The molecule has 2 heterocycles. The van der Waals surface area contributed by atoms with Crippen molar-refractivity contribution in [3.8, 4) is 5.75 Å². The van der Waals surface area contributed by atoms with Crippen LogP contribution in [0, 0.1) is 5.92 Å². The van der Waals surface area contributed by atoms with E-state index in [4.69, 9.17) is 4.74 Å². The molecule has 0 radical (unpaired) electrons. The Balaban J connectivity index is 1.61. The van der Waals surface area contributed by atoms with Gasteiger partial charge in [-0.15, -0.1) is 11.3 Å². The quantitative estimate of drug-likeness (QED) is 0.582. The number of carbonyl (C=O) groups is 2. The first-order chi connectivity index (χ1) is 15.1. The fourth-order valence-corrected chi connectivity index (χ4v) is 4.97. The second-order valence-corrected chi connectivity index (χ2v) is 8.77. The summed E-state index contributed by atoms with van der Waals surface area (Å²) >= 11 is 1.43. The molecule has 4 rings (SSSR count). The summed E-state index contributed by atoms with van der Waals surface area (Å²) < 4.78 is 5.58. The lowest BCUT2D eigenvalue weighted by Gasteiger charge is -2.25. The van der Waals surface area contributed by atoms with Crippen LogP contribution >= 0.6 is 11.3 Å². The first-order valence-electron chi connectivity index (χ1n) is 10.3. The smallest absolute Gasteiger partial charge is 0.263 e. The lowest BCUT2D eigenvalue weighted by atomic mass is 9.87. The Labute approximate surface area is 186 Å². The van der Waals surface area contributed by atoms with Crippen molar-refractivity contribution in [3.05, 3.63) is 88.1 Å². The van der Waals surface area contributed by atoms with E-state index in [9.17, 15) is 9.59 Å². The van der Waals surface area contributed by atoms with Gasteiger partial charge < -0.3 is 14.5 Å². The van der Waals surface area contributed by atoms with Gasteiger partial charge in [0.15, 0.2) is 0 Å². The molecule has 0 saturated carbocycles. The van der Waals surface area contributed by atoms with Gasteiger partial charge in [0, 0.05) is 32.6 Å². The van der Waals surface area contributed by atoms with Crippen molar-refractivity contribution in [1.29, 1.82) is 0 Å². The molecule has 6 heteroatoms. The Kier molecular flexibility index (Phi) is 6.37. The maximum absolute atomic E-state index is 13.5. The van der Waals surface area contributed by atoms with Crippen LogP contribution in [-0.2, 0) is 11.3 Å². The van der Waals surface area contributed by atoms with E-state index in [1.807, 2.05) is 84.1 Å². The number of para-hydroxylation sites is 1. The lowest BCUT2D eigenvalue weighted by Crippen LogP contribution is -2.36. The fraction of sp³-hybridized carbons (Fsp3) is 0.280. The molecular formula is C25H26N2O3S. The van der Waals surface area contributed by atoms with Crippen LogP contribution in [0.5, 0.6) is 5.75 Å². The van der Waals surface area contributed by atoms with E-state index in [2.05, 4.69) is 0 Å². The number of methoxy groups -OCH3 is 1. The molecule has 0 N–H and O–H groups in total. The van der Waals surface area contributed by atoms with Gasteiger partial charge in [-0.2, -0.15) is 0 Å². The minimum absolute atomic E-state index is 0.0177. The second-order valence-electron chi connectivity index (χ2n) is 7.82. The minimum atomic E-state index is -0.325. The monoisotopic (exact) mass is 434 g/mol. The van der Waals surface area contributed by atoms with Gasteiger partial charge in [-0.25, -0.2) is 0 Å². The number of ether oxygens (including phenoxy) is 1. The third kappa shape index (κ3) is 4.49. The molecule has 0 spiro atoms. The minimum Gasteiger partial charge on any atom is -0.496 e. The Morgan fingerprint density at radius 3 is 2.48 bits per heavy atom. The molecule has 3 aromatic rings. The molecule has 2 amide bonds. The zero-order chi connectivity index (χ0) is 21.8. The predicted molar refractivity (Wildman–Crippen MR) is 122 cm³/mol. The molecule has 1 aliphatic rings. The number of benzene rings is 2. The van der Waals surface area contributed by atoms with E-state index in [0.29, 0.717) is 24.5 Å². The first kappa shape index (κ1) is 21.1. The van der Waals surface area contributed by atoms with E-state index >= 15 is 0 Å². The van der Waals surface area contributed by atoms with Crippen molar-refractivity contribution < 1.29 is 14.3 Å². The van der Waals surface area contributed by atoms with Gasteiger partial charge in [0.25, 0.3) is 5.91 Å². The number of carbonyl (C=O) groups excluding carboxylic acids is 2. The normalized spacial score (nSPS) is 18.1. The fourth-order valence-electron chi connectivity index (χ4n) is 4.28. The summed E-state index contributed by atoms with van der Waals surface area (Å²) in [6, 6.07) is 21.4. The van der Waals surface area contributed by atoms with Crippen LogP contribution in [0.1, 0.15) is 26.7 Å². The molecule has 5 nitrogen and oxygen atoms in total. The topological polar surface area (TPSA) is 49.9 Å². The van der Waals surface area contributed by atoms with Crippen molar-refractivity contribution in [2.75, 3.05) is 27.2 Å². The molecule has 1 fully saturated rings. The van der Waals surface area contributed by atoms with Crippen molar-refractivity contribution in [3.63, 3.8) is 0 Å². The van der Waals surface area contributed by atoms with Gasteiger partial charge in [-0.1, -0.05) is 54.6 Å². The predicted octanol–water partition coefficient (Wildman–Crippen LogP) is 4.27. The zero-order valence-corrected chi connectivity index (χ0v) is 18.5. The van der Waals surface area contributed by atoms with Crippen LogP contribution in [0.2, 0.25) is 0 Å². The molecule has 1 saturated heterocycles. The molecule has 0 bridgehead atoms. The Bertz CT molecular complexity index is 1040. The first-order valence-corrected chi connectivity index (χ1v) is 11.2. The van der Waals surface area contributed by atoms with Gasteiger partial charge in [0.2, 0.25) is 5.91 Å². The van der Waals surface area contributed by atoms with Crippen molar-refractivity contribution in [2.24, 2.45) is 5.92 Å². The van der Waals surface area contributed by atoms with E-state index in [1.165, 1.54) is 11.3 Å². The van der Waals surface area contributed by atoms with Gasteiger partial charge in [-0.05, 0) is 28.6 Å². The van der Waals surface area contributed by atoms with Crippen molar-refractivity contribution in [1.82, 2.24) is 9.80 Å². The van der Waals surface area contributed by atoms with Crippen LogP contribution in [-0.4, -0.2) is 48.9 Å². The molecule has 2 atom stereocenters. The summed E-state index contributed by atoms with van der Waals surface area (Å²) in [5.74, 6) is 0.332. The van der Waals surface area contributed by atoms with Crippen LogP contribution in [0.25, 0.3) is 0 Å². The standard InChI is InChI=1S/C25H26N2O3S/c1-26(15-18-9-4-3-5-10-18)24(28)21-17-27(25(29)23-13-8-14-31-23)16-20(21)19-11-6-7-12-22(19)30-2/h3-14,20-21H,15-17H2,1-2H3. The number of hydrogen-bond donors (Lipinski definition) is 0. The van der Waals surface area contributed by atoms with Gasteiger partial charge in [0.05, 0.1) is 17.9 Å². The molecule has 2 unspecified atom stereocenters. The van der Waals surface area contributed by atoms with E-state index in [1.54, 1.807) is 12.0 Å². The molecule has 31 heavy (non-hydrogen) atoms. The molecule has 0 aliphatic carbocycles. The number of likely N-dealkylation sites (tertiary alicyclic amines) is 1. The maximum Gasteiger partial charge on any atom is 0.263 e. The zero-order valence-electron chi connectivity index (χ0n) is 17.7. The van der Waals surface area contributed by atoms with E-state index < -0.39 is 0 Å². The molecule has 1 aromatic heterocycles. The van der Waals surface area contributed by atoms with Gasteiger partial charge >= 0.3 is 0 Å². The highest BCUT2D eigenvalue weighted by atomic mass is 32.1. The summed E-state index contributed by atoms with van der Waals surface area (Å²) in [4.78, 5) is 30.9. The number of amides is 2. The number of rotatable bonds is 6. The van der Waals surface area contributed by atoms with Crippen molar-refractivity contribution in [2.45, 2.75) is 12.5 Å². The molecular weight excluding hydrogens is 408 g/mol. The molecule has 2 aromatic carbocycles. The largest absolute Gasteiger partial charge is 0.496 e.